The predicted octanol–water partition coefficient (Wildman–Crippen LogP) is 13.6. The van der Waals surface area contributed by atoms with Crippen molar-refractivity contribution >= 4 is 137 Å². The number of halogens is 4. The van der Waals surface area contributed by atoms with E-state index < -0.39 is 23.4 Å². The van der Waals surface area contributed by atoms with E-state index in [9.17, 15) is 23.5 Å². The number of ether oxygens (including phenoxy) is 2. The molecule has 0 spiro atoms. The maximum Gasteiger partial charge on any atom is 1.00 e. The van der Waals surface area contributed by atoms with Gasteiger partial charge in [-0.25, -0.2) is 58.2 Å². The summed E-state index contributed by atoms with van der Waals surface area (Å²) < 4.78 is 36.4. The summed E-state index contributed by atoms with van der Waals surface area (Å²) in [5.41, 5.74) is 15.8. The van der Waals surface area contributed by atoms with Gasteiger partial charge in [0.1, 0.15) is 39.5 Å². The van der Waals surface area contributed by atoms with Crippen LogP contribution in [-0.4, -0.2) is 98.9 Å². The molecular weight excluding hydrogens is 1570 g/mol. The van der Waals surface area contributed by atoms with Gasteiger partial charge in [0, 0.05) is 74.5 Å². The summed E-state index contributed by atoms with van der Waals surface area (Å²) in [6.45, 7) is 4.90. The minimum atomic E-state index is -0.750. The van der Waals surface area contributed by atoms with Gasteiger partial charge in [-0.1, -0.05) is 160 Å². The molecule has 8 heterocycles. The first-order chi connectivity index (χ1) is 52.8. The Hall–Kier alpha value is -10.7. The number of carbonyl (C=O) groups excluding carboxylic acids is 2. The third-order valence-corrected chi connectivity index (χ3v) is 21.8. The zero-order valence-corrected chi connectivity index (χ0v) is 67.7. The van der Waals surface area contributed by atoms with Crippen LogP contribution in [0.4, 0.5) is 32.1 Å². The Morgan fingerprint density at radius 3 is 1.19 bits per heavy atom. The van der Waals surface area contributed by atoms with E-state index in [2.05, 4.69) is 213 Å². The number of anilines is 4. The summed E-state index contributed by atoms with van der Waals surface area (Å²) in [7, 11) is 2.02. The van der Waals surface area contributed by atoms with Crippen molar-refractivity contribution in [3.8, 4) is 34.2 Å². The molecule has 26 heteroatoms. The van der Waals surface area contributed by atoms with Crippen LogP contribution in [0.3, 0.4) is 0 Å². The monoisotopic (exact) mass is 1640 g/mol. The normalized spacial score (nSPS) is 10.6. The maximum absolute atomic E-state index is 13.2. The number of fused-ring (bicyclic) bond motifs is 3. The summed E-state index contributed by atoms with van der Waals surface area (Å²) in [4.78, 5) is 70.6. The number of carbonyl (C=O) groups is 2. The number of methoxy groups -OCH3 is 2. The molecule has 0 saturated carbocycles. The molecule has 0 amide bonds. The van der Waals surface area contributed by atoms with Crippen LogP contribution in [0.25, 0.3) is 66.9 Å². The molecule has 19 nitrogen and oxygen atoms in total. The van der Waals surface area contributed by atoms with Crippen LogP contribution in [0.2, 0.25) is 0 Å². The van der Waals surface area contributed by atoms with Crippen LogP contribution in [0, 0.1) is 11.6 Å². The number of para-hydroxylation sites is 3. The van der Waals surface area contributed by atoms with Crippen molar-refractivity contribution < 1.29 is 62.5 Å². The van der Waals surface area contributed by atoms with Gasteiger partial charge in [0.05, 0.1) is 54.3 Å². The van der Waals surface area contributed by atoms with Crippen LogP contribution in [0.15, 0.2) is 295 Å². The number of pyridine rings is 5. The molecule has 0 saturated heterocycles. The molecule has 0 atom stereocenters. The van der Waals surface area contributed by atoms with Gasteiger partial charge in [0.25, 0.3) is 0 Å². The van der Waals surface area contributed by atoms with Crippen molar-refractivity contribution in [1.82, 2.24) is 54.8 Å². The minimum absolute atomic E-state index is 0. The summed E-state index contributed by atoms with van der Waals surface area (Å²) in [5, 5.41) is 21.2. The summed E-state index contributed by atoms with van der Waals surface area (Å²) in [5.74, 6) is 1.27. The van der Waals surface area contributed by atoms with E-state index >= 15 is 0 Å². The van der Waals surface area contributed by atoms with E-state index in [0.717, 1.165) is 38.9 Å². The second-order valence-electron chi connectivity index (χ2n) is 24.4. The number of esters is 2. The van der Waals surface area contributed by atoms with Gasteiger partial charge in [0.2, 0.25) is 0 Å². The number of rotatable bonds is 15. The van der Waals surface area contributed by atoms with Crippen molar-refractivity contribution in [2.24, 2.45) is 0 Å². The zero-order chi connectivity index (χ0) is 77.1. The molecule has 0 aliphatic heterocycles. The van der Waals surface area contributed by atoms with Gasteiger partial charge in [0.15, 0.2) is 17.5 Å². The Bertz CT molecular complexity index is 5250. The first kappa shape index (κ1) is 83.3. The Balaban J connectivity index is 0.000000161. The Labute approximate surface area is 677 Å². The van der Waals surface area contributed by atoms with Crippen molar-refractivity contribution in [2.75, 3.05) is 43.3 Å². The van der Waals surface area contributed by atoms with Gasteiger partial charge in [-0.2, -0.15) is 0 Å². The molecule has 15 rings (SSSR count). The molecule has 15 aromatic rings. The van der Waals surface area contributed by atoms with Crippen molar-refractivity contribution in [3.63, 3.8) is 0 Å². The largest absolute Gasteiger partial charge is 1.00 e. The van der Waals surface area contributed by atoms with Crippen molar-refractivity contribution in [3.05, 3.63) is 318 Å². The molecule has 548 valence electrons. The summed E-state index contributed by atoms with van der Waals surface area (Å²) in [6.07, 6.45) is 16.0. The number of hydrogen-bond donors (Lipinski definition) is 3. The van der Waals surface area contributed by atoms with Crippen LogP contribution >= 0.6 is 47.7 Å². The summed E-state index contributed by atoms with van der Waals surface area (Å²) in [6, 6.07) is 76.9. The molecule has 0 aliphatic rings. The molecule has 0 fully saturated rings. The molecule has 110 heavy (non-hydrogen) atoms. The third kappa shape index (κ3) is 24.1. The number of nitrogen functional groups attached to an aromatic ring is 2. The van der Waals surface area contributed by atoms with E-state index in [4.69, 9.17) is 20.9 Å². The fourth-order valence-electron chi connectivity index (χ4n) is 10.5. The third-order valence-electron chi connectivity index (χ3n) is 15.5. The molecule has 5 N–H and O–H groups in total. The van der Waals surface area contributed by atoms with Crippen LogP contribution in [-0.2, 0) is 9.47 Å². The zero-order valence-electron chi connectivity index (χ0n) is 60.8. The molecule has 0 aliphatic carbocycles. The molecule has 0 unspecified atom stereocenters. The van der Waals surface area contributed by atoms with E-state index in [0.29, 0.717) is 83.8 Å². The molecular formula is C84H73Br2F2N14NaO5P2. The van der Waals surface area contributed by atoms with Gasteiger partial charge < -0.3 is 31.4 Å². The molecule has 0 bridgehead atoms. The molecule has 8 aromatic heterocycles. The van der Waals surface area contributed by atoms with Crippen LogP contribution in [0.1, 0.15) is 47.9 Å². The average molecular weight is 1640 g/mol. The van der Waals surface area contributed by atoms with Crippen molar-refractivity contribution in [2.45, 2.75) is 32.8 Å². The topological polar surface area (TPSA) is 282 Å². The SMILES string of the molecule is CC(C)(C)[O-].COC(=O)c1cccc2c(N)nc(-c3cccnc3)nc12.COC(=O)c1cccc2c(Nc3ccc(F)cn3)nc(-c3cccnc3)nc12.Fc1ccc(Br)nc1.Nc1nc(-c2cccnc2)nc2c(Br)cccc12.[Na+].c1ccc(P(CCCP(c2ccccc2)c2ccccc2)c2ccccc2)cc1. The van der Waals surface area contributed by atoms with E-state index in [1.165, 1.54) is 72.4 Å². The van der Waals surface area contributed by atoms with Crippen molar-refractivity contribution in [1.29, 1.82) is 0 Å². The quantitative estimate of drug-likeness (QED) is 0.0372. The standard InChI is InChI=1S/C27H26P2.C20H14FN5O2.C15H12N4O2.C13H9BrN4.C5H3BrFN.C4H9O.Na/c1-5-14-24(15-6-1)28(25-16-7-2-8-17-25)22-13-23-29(26-18-9-3-10-19-26)27-20-11-4-12-21-27;1-28-20(27)15-6-2-5-14-17(15)25-18(12-4-3-9-22-10-12)26-19(14)24-16-8-7-13(21)11-23-16;1-21-15(20)11-6-2-5-10-12(11)18-14(19-13(10)16)9-4-3-7-17-8-9;14-10-5-1-4-9-11(10)17-13(18-12(9)15)8-3-2-6-16-7-8;6-5-2-1-4(7)3-8-5;1-4(2,3)5;/h1-12,14-21H,13,22-23H2;2-11H,1H3,(H,23,24,25,26);2-8H,1H3,(H2,16,18,19);1-7H,(H2,15,17,18);1-3H;1-3H3;/q;;;;;-1;+1. The number of aromatic nitrogens is 11. The second-order valence-corrected chi connectivity index (χ2v) is 30.7. The first-order valence-corrected chi connectivity index (χ1v) is 38.5. The van der Waals surface area contributed by atoms with Crippen LogP contribution in [0.5, 0.6) is 0 Å². The second kappa shape index (κ2) is 41.7. The number of nitrogens with zero attached hydrogens (tertiary/aromatic N) is 11. The van der Waals surface area contributed by atoms with Crippen LogP contribution < -0.4 is 72.7 Å². The van der Waals surface area contributed by atoms with Gasteiger partial charge in [-0.05, 0) is 185 Å². The first-order valence-electron chi connectivity index (χ1n) is 33.9. The Morgan fingerprint density at radius 1 is 0.445 bits per heavy atom. The average Bonchev–Trinajstić information content (AvgIpc) is 0.786. The van der Waals surface area contributed by atoms with Gasteiger partial charge >= 0.3 is 41.5 Å². The predicted molar refractivity (Wildman–Crippen MR) is 439 cm³/mol. The van der Waals surface area contributed by atoms with Gasteiger partial charge in [-0.15, -0.1) is 5.60 Å². The Kier molecular flexibility index (Phi) is 31.6. The molecule has 0 radical (unpaired) electrons. The maximum atomic E-state index is 13.2. The Morgan fingerprint density at radius 2 is 0.818 bits per heavy atom. The number of nitrogens with two attached hydrogens (primary N) is 2. The van der Waals surface area contributed by atoms with E-state index in [1.807, 2.05) is 42.5 Å². The van der Waals surface area contributed by atoms with E-state index in [1.54, 1.807) is 113 Å². The molecule has 7 aromatic carbocycles. The smallest absolute Gasteiger partial charge is 0.850 e. The minimum Gasteiger partial charge on any atom is -0.850 e. The summed E-state index contributed by atoms with van der Waals surface area (Å²) >= 11 is 6.54. The number of benzene rings is 7. The number of nitrogens with one attached hydrogen (secondary N) is 1. The van der Waals surface area contributed by atoms with E-state index in [-0.39, 0.29) is 51.2 Å². The van der Waals surface area contributed by atoms with Gasteiger partial charge in [-0.3, -0.25) is 15.0 Å². The fourth-order valence-corrected chi connectivity index (χ4v) is 16.2. The fraction of sp³-hybridized carbons (Fsp3) is 0.107. The number of hydrogen-bond acceptors (Lipinski definition) is 19.